The first-order valence-corrected chi connectivity index (χ1v) is 6.06. The van der Waals surface area contributed by atoms with Crippen molar-refractivity contribution in [3.63, 3.8) is 0 Å². The molecule has 0 aromatic heterocycles. The molecule has 1 aromatic carbocycles. The van der Waals surface area contributed by atoms with Crippen LogP contribution in [-0.2, 0) is 9.31 Å². The lowest BCUT2D eigenvalue weighted by atomic mass is 9.77. The highest BCUT2D eigenvalue weighted by Crippen LogP contribution is 2.14. The van der Waals surface area contributed by atoms with E-state index < -0.39 is 0 Å². The molecule has 0 spiro atoms. The van der Waals surface area contributed by atoms with Gasteiger partial charge in [0, 0.05) is 19.1 Å². The van der Waals surface area contributed by atoms with Crippen LogP contribution >= 0.6 is 0 Å². The Bertz CT molecular complexity index is 391. The Morgan fingerprint density at radius 3 is 2.47 bits per heavy atom. The zero-order chi connectivity index (χ0) is 12.1. The molecule has 1 heterocycles. The Kier molecular flexibility index (Phi) is 4.19. The molecule has 1 aliphatic rings. The van der Waals surface area contributed by atoms with E-state index in [1.54, 1.807) is 12.1 Å². The van der Waals surface area contributed by atoms with Crippen LogP contribution in [0, 0.1) is 17.2 Å². The van der Waals surface area contributed by atoms with E-state index >= 15 is 0 Å². The fourth-order valence-electron chi connectivity index (χ4n) is 2.03. The molecule has 0 saturated carbocycles. The molecule has 0 bridgehead atoms. The summed E-state index contributed by atoms with van der Waals surface area (Å²) in [5, 5.41) is 8.72. The van der Waals surface area contributed by atoms with Crippen LogP contribution < -0.4 is 5.46 Å². The summed E-state index contributed by atoms with van der Waals surface area (Å²) in [6.07, 6.45) is 2.32. The van der Waals surface area contributed by atoms with Crippen LogP contribution in [0.25, 0.3) is 0 Å². The lowest BCUT2D eigenvalue weighted by Crippen LogP contribution is -2.44. The molecule has 1 saturated heterocycles. The van der Waals surface area contributed by atoms with Crippen LogP contribution in [0.5, 0.6) is 0 Å². The molecule has 0 N–H and O–H groups in total. The molecule has 4 heteroatoms. The maximum Gasteiger partial charge on any atom is 0.493 e. The van der Waals surface area contributed by atoms with Crippen molar-refractivity contribution in [2.45, 2.75) is 19.8 Å². The van der Waals surface area contributed by atoms with E-state index in [2.05, 4.69) is 13.0 Å². The third kappa shape index (κ3) is 3.09. The van der Waals surface area contributed by atoms with Crippen LogP contribution in [0.3, 0.4) is 0 Å². The fraction of sp³-hybridized carbons (Fsp3) is 0.462. The molecule has 17 heavy (non-hydrogen) atoms. The minimum Gasteiger partial charge on any atom is -0.407 e. The molecule has 2 rings (SSSR count). The van der Waals surface area contributed by atoms with Gasteiger partial charge < -0.3 is 9.31 Å². The first-order chi connectivity index (χ1) is 8.33. The van der Waals surface area contributed by atoms with Crippen LogP contribution in [-0.4, -0.2) is 20.3 Å². The summed E-state index contributed by atoms with van der Waals surface area (Å²) in [4.78, 5) is 0. The van der Waals surface area contributed by atoms with Crippen molar-refractivity contribution in [1.82, 2.24) is 0 Å². The van der Waals surface area contributed by atoms with Gasteiger partial charge in [-0.25, -0.2) is 0 Å². The minimum atomic E-state index is -0.268. The topological polar surface area (TPSA) is 42.2 Å². The van der Waals surface area contributed by atoms with Gasteiger partial charge in [0.1, 0.15) is 0 Å². The number of nitrogens with zero attached hydrogens (tertiary/aromatic N) is 1. The first kappa shape index (κ1) is 12.2. The summed E-state index contributed by atoms with van der Waals surface area (Å²) in [5.41, 5.74) is 1.65. The van der Waals surface area contributed by atoms with Crippen molar-refractivity contribution < 1.29 is 9.31 Å². The Morgan fingerprint density at radius 1 is 1.29 bits per heavy atom. The van der Waals surface area contributed by atoms with Crippen molar-refractivity contribution in [1.29, 1.82) is 5.26 Å². The Balaban J connectivity index is 1.94. The second-order valence-corrected chi connectivity index (χ2v) is 4.39. The number of benzene rings is 1. The molecule has 0 amide bonds. The van der Waals surface area contributed by atoms with E-state index in [1.807, 2.05) is 12.1 Å². The van der Waals surface area contributed by atoms with Crippen molar-refractivity contribution in [2.24, 2.45) is 5.92 Å². The predicted octanol–water partition coefficient (Wildman–Crippen LogP) is 1.72. The molecule has 1 fully saturated rings. The normalized spacial score (nSPS) is 16.8. The second kappa shape index (κ2) is 5.86. The number of nitriles is 1. The maximum absolute atomic E-state index is 8.72. The van der Waals surface area contributed by atoms with Gasteiger partial charge in [0.15, 0.2) is 0 Å². The van der Waals surface area contributed by atoms with Gasteiger partial charge in [0.2, 0.25) is 0 Å². The highest BCUT2D eigenvalue weighted by Gasteiger charge is 2.28. The summed E-state index contributed by atoms with van der Waals surface area (Å²) < 4.78 is 11.4. The number of hydrogen-bond acceptors (Lipinski definition) is 3. The van der Waals surface area contributed by atoms with Crippen LogP contribution in [0.15, 0.2) is 24.3 Å². The molecule has 1 aliphatic heterocycles. The van der Waals surface area contributed by atoms with Gasteiger partial charge in [-0.2, -0.15) is 5.26 Å². The monoisotopic (exact) mass is 229 g/mol. The van der Waals surface area contributed by atoms with Crippen molar-refractivity contribution in [3.05, 3.63) is 29.8 Å². The number of hydrogen-bond donors (Lipinski definition) is 0. The van der Waals surface area contributed by atoms with Gasteiger partial charge in [0.25, 0.3) is 0 Å². The van der Waals surface area contributed by atoms with Gasteiger partial charge in [-0.15, -0.1) is 0 Å². The highest BCUT2D eigenvalue weighted by atomic mass is 16.6. The van der Waals surface area contributed by atoms with Gasteiger partial charge in [-0.05, 0) is 24.0 Å². The third-order valence-electron chi connectivity index (χ3n) is 2.98. The molecule has 88 valence electrons. The summed E-state index contributed by atoms with van der Waals surface area (Å²) in [6.45, 7) is 3.70. The van der Waals surface area contributed by atoms with E-state index in [1.165, 1.54) is 6.42 Å². The molecule has 0 aliphatic carbocycles. The van der Waals surface area contributed by atoms with Gasteiger partial charge >= 0.3 is 7.12 Å². The third-order valence-corrected chi connectivity index (χ3v) is 2.98. The standard InChI is InChI=1S/C13H16BNO2/c1-2-3-12-9-16-14(17-10-12)13-6-4-11(8-15)5-7-13/h4-7,12H,2-3,9-10H2,1H3. The maximum atomic E-state index is 8.72. The van der Waals surface area contributed by atoms with E-state index in [-0.39, 0.29) is 7.12 Å². The molecular weight excluding hydrogens is 213 g/mol. The van der Waals surface area contributed by atoms with Crippen molar-refractivity contribution in [2.75, 3.05) is 13.2 Å². The van der Waals surface area contributed by atoms with E-state index in [0.717, 1.165) is 25.1 Å². The van der Waals surface area contributed by atoms with Gasteiger partial charge in [-0.1, -0.05) is 25.5 Å². The summed E-state index contributed by atoms with van der Waals surface area (Å²) >= 11 is 0. The molecule has 0 unspecified atom stereocenters. The lowest BCUT2D eigenvalue weighted by molar-refractivity contribution is 0.0821. The smallest absolute Gasteiger partial charge is 0.407 e. The van der Waals surface area contributed by atoms with Crippen LogP contribution in [0.2, 0.25) is 0 Å². The first-order valence-electron chi connectivity index (χ1n) is 6.06. The van der Waals surface area contributed by atoms with Crippen LogP contribution in [0.4, 0.5) is 0 Å². The van der Waals surface area contributed by atoms with Crippen molar-refractivity contribution in [3.8, 4) is 6.07 Å². The second-order valence-electron chi connectivity index (χ2n) is 4.39. The van der Waals surface area contributed by atoms with E-state index in [4.69, 9.17) is 14.6 Å². The molecular formula is C13H16BNO2. The van der Waals surface area contributed by atoms with E-state index in [0.29, 0.717) is 11.5 Å². The quantitative estimate of drug-likeness (QED) is 0.741. The molecule has 1 aromatic rings. The zero-order valence-corrected chi connectivity index (χ0v) is 10.1. The summed E-state index contributed by atoms with van der Waals surface area (Å²) in [6, 6.07) is 9.47. The average molecular weight is 229 g/mol. The Labute approximate surface area is 102 Å². The zero-order valence-electron chi connectivity index (χ0n) is 10.1. The molecule has 3 nitrogen and oxygen atoms in total. The molecule has 0 atom stereocenters. The lowest BCUT2D eigenvalue weighted by Gasteiger charge is -2.27. The number of rotatable bonds is 3. The average Bonchev–Trinajstić information content (AvgIpc) is 2.40. The SMILES string of the molecule is CCCC1COB(c2ccc(C#N)cc2)OC1. The van der Waals surface area contributed by atoms with E-state index in [9.17, 15) is 0 Å². The Hall–Kier alpha value is -1.31. The summed E-state index contributed by atoms with van der Waals surface area (Å²) in [7, 11) is -0.268. The van der Waals surface area contributed by atoms with Gasteiger partial charge in [0.05, 0.1) is 11.6 Å². The minimum absolute atomic E-state index is 0.268. The fourth-order valence-corrected chi connectivity index (χ4v) is 2.03. The van der Waals surface area contributed by atoms with Gasteiger partial charge in [-0.3, -0.25) is 0 Å². The largest absolute Gasteiger partial charge is 0.493 e. The predicted molar refractivity (Wildman–Crippen MR) is 66.8 cm³/mol. The summed E-state index contributed by atoms with van der Waals surface area (Å²) in [5.74, 6) is 0.523. The van der Waals surface area contributed by atoms with Crippen molar-refractivity contribution >= 4 is 12.6 Å². The Morgan fingerprint density at radius 2 is 1.94 bits per heavy atom. The molecule has 0 radical (unpaired) electrons. The van der Waals surface area contributed by atoms with Crippen LogP contribution in [0.1, 0.15) is 25.3 Å². The highest BCUT2D eigenvalue weighted by molar-refractivity contribution is 6.61.